The number of benzene rings is 1. The first-order valence-electron chi connectivity index (χ1n) is 9.66. The van der Waals surface area contributed by atoms with Gasteiger partial charge in [-0.3, -0.25) is 14.7 Å². The van der Waals surface area contributed by atoms with E-state index in [1.165, 1.54) is 11.1 Å². The standard InChI is InChI=1S/C21H26N4O2/c26-21(25-9-6-17-3-1-2-4-18(17)16-25)20-15-19(5-7-23-20)22-8-10-24-11-13-27-14-12-24/h1-5,7,15H,6,8-14,16H2,(H,22,23). The Morgan fingerprint density at radius 1 is 1.11 bits per heavy atom. The molecule has 6 heteroatoms. The monoisotopic (exact) mass is 366 g/mol. The number of carbonyl (C=O) groups is 1. The molecule has 0 bridgehead atoms. The van der Waals surface area contributed by atoms with Crippen LogP contribution in [0.2, 0.25) is 0 Å². The molecule has 1 amide bonds. The maximum Gasteiger partial charge on any atom is 0.272 e. The molecular formula is C21H26N4O2. The van der Waals surface area contributed by atoms with Crippen LogP contribution in [0.4, 0.5) is 5.69 Å². The highest BCUT2D eigenvalue weighted by Gasteiger charge is 2.22. The van der Waals surface area contributed by atoms with Gasteiger partial charge in [-0.15, -0.1) is 0 Å². The molecule has 27 heavy (non-hydrogen) atoms. The molecule has 0 spiro atoms. The molecule has 142 valence electrons. The fraction of sp³-hybridized carbons (Fsp3) is 0.429. The predicted octanol–water partition coefficient (Wildman–Crippen LogP) is 2.02. The third-order valence-electron chi connectivity index (χ3n) is 5.26. The number of pyridine rings is 1. The Kier molecular flexibility index (Phi) is 5.65. The molecule has 0 radical (unpaired) electrons. The second-order valence-electron chi connectivity index (χ2n) is 7.06. The number of hydrogen-bond acceptors (Lipinski definition) is 5. The molecule has 1 saturated heterocycles. The highest BCUT2D eigenvalue weighted by atomic mass is 16.5. The Hall–Kier alpha value is -2.44. The van der Waals surface area contributed by atoms with E-state index >= 15 is 0 Å². The van der Waals surface area contributed by atoms with Crippen LogP contribution in [0.1, 0.15) is 21.6 Å². The lowest BCUT2D eigenvalue weighted by Gasteiger charge is -2.28. The van der Waals surface area contributed by atoms with Gasteiger partial charge in [-0.2, -0.15) is 0 Å². The number of amides is 1. The summed E-state index contributed by atoms with van der Waals surface area (Å²) in [7, 11) is 0. The Labute approximate surface area is 160 Å². The molecule has 1 aromatic heterocycles. The second-order valence-corrected chi connectivity index (χ2v) is 7.06. The van der Waals surface area contributed by atoms with Crippen molar-refractivity contribution in [2.75, 3.05) is 51.3 Å². The van der Waals surface area contributed by atoms with Gasteiger partial charge >= 0.3 is 0 Å². The highest BCUT2D eigenvalue weighted by Crippen LogP contribution is 2.20. The predicted molar refractivity (Wildman–Crippen MR) is 105 cm³/mol. The van der Waals surface area contributed by atoms with Crippen LogP contribution in [0.25, 0.3) is 0 Å². The van der Waals surface area contributed by atoms with E-state index in [4.69, 9.17) is 4.74 Å². The van der Waals surface area contributed by atoms with Gasteiger partial charge in [0.2, 0.25) is 0 Å². The summed E-state index contributed by atoms with van der Waals surface area (Å²) in [5.41, 5.74) is 4.02. The molecule has 0 atom stereocenters. The quantitative estimate of drug-likeness (QED) is 0.877. The summed E-state index contributed by atoms with van der Waals surface area (Å²) in [6.07, 6.45) is 2.61. The molecule has 0 aliphatic carbocycles. The van der Waals surface area contributed by atoms with E-state index in [0.717, 1.165) is 58.0 Å². The van der Waals surface area contributed by atoms with E-state index in [-0.39, 0.29) is 5.91 Å². The molecule has 2 aromatic rings. The van der Waals surface area contributed by atoms with Crippen molar-refractivity contribution >= 4 is 11.6 Å². The zero-order valence-electron chi connectivity index (χ0n) is 15.6. The second kappa shape index (κ2) is 8.50. The minimum Gasteiger partial charge on any atom is -0.384 e. The number of fused-ring (bicyclic) bond motifs is 1. The Bertz CT molecular complexity index is 789. The van der Waals surface area contributed by atoms with Crippen molar-refractivity contribution in [1.82, 2.24) is 14.8 Å². The van der Waals surface area contributed by atoms with Gasteiger partial charge in [0.1, 0.15) is 5.69 Å². The molecule has 1 aromatic carbocycles. The molecular weight excluding hydrogens is 340 g/mol. The normalized spacial score (nSPS) is 17.4. The average Bonchev–Trinajstić information content (AvgIpc) is 2.74. The Morgan fingerprint density at radius 2 is 1.93 bits per heavy atom. The highest BCUT2D eigenvalue weighted by molar-refractivity contribution is 5.93. The lowest BCUT2D eigenvalue weighted by molar-refractivity contribution is 0.0398. The summed E-state index contributed by atoms with van der Waals surface area (Å²) in [5.74, 6) is 0.00123. The Balaban J connectivity index is 1.35. The lowest BCUT2D eigenvalue weighted by atomic mass is 10.00. The molecule has 4 rings (SSSR count). The van der Waals surface area contributed by atoms with Crippen LogP contribution in [-0.4, -0.2) is 66.6 Å². The van der Waals surface area contributed by atoms with E-state index in [9.17, 15) is 4.79 Å². The topological polar surface area (TPSA) is 57.7 Å². The third kappa shape index (κ3) is 4.46. The van der Waals surface area contributed by atoms with Crippen molar-refractivity contribution in [3.63, 3.8) is 0 Å². The van der Waals surface area contributed by atoms with Crippen LogP contribution >= 0.6 is 0 Å². The van der Waals surface area contributed by atoms with Gasteiger partial charge in [-0.25, -0.2) is 0 Å². The van der Waals surface area contributed by atoms with E-state index in [1.54, 1.807) is 6.20 Å². The first kappa shape index (κ1) is 17.9. The summed E-state index contributed by atoms with van der Waals surface area (Å²) < 4.78 is 5.37. The number of rotatable bonds is 5. The van der Waals surface area contributed by atoms with Crippen LogP contribution < -0.4 is 5.32 Å². The minimum absolute atomic E-state index is 0.00123. The van der Waals surface area contributed by atoms with Crippen molar-refractivity contribution in [2.45, 2.75) is 13.0 Å². The lowest BCUT2D eigenvalue weighted by Crippen LogP contribution is -2.39. The molecule has 6 nitrogen and oxygen atoms in total. The summed E-state index contributed by atoms with van der Waals surface area (Å²) in [5, 5.41) is 3.41. The number of nitrogens with zero attached hydrogens (tertiary/aromatic N) is 3. The van der Waals surface area contributed by atoms with Gasteiger partial charge < -0.3 is 15.0 Å². The summed E-state index contributed by atoms with van der Waals surface area (Å²) in [6.45, 7) is 6.81. The van der Waals surface area contributed by atoms with Gasteiger partial charge in [-0.1, -0.05) is 24.3 Å². The number of carbonyl (C=O) groups excluding carboxylic acids is 1. The molecule has 2 aliphatic heterocycles. The van der Waals surface area contributed by atoms with Crippen LogP contribution in [0.3, 0.4) is 0 Å². The zero-order valence-corrected chi connectivity index (χ0v) is 15.6. The van der Waals surface area contributed by atoms with E-state index in [2.05, 4.69) is 33.4 Å². The van der Waals surface area contributed by atoms with Crippen molar-refractivity contribution in [3.05, 3.63) is 59.4 Å². The van der Waals surface area contributed by atoms with Crippen molar-refractivity contribution < 1.29 is 9.53 Å². The maximum atomic E-state index is 12.9. The summed E-state index contributed by atoms with van der Waals surface area (Å²) in [4.78, 5) is 21.5. The first-order chi connectivity index (χ1) is 13.3. The SMILES string of the molecule is O=C(c1cc(NCCN2CCOCC2)ccn1)N1CCc2ccccc2C1. The van der Waals surface area contributed by atoms with Crippen LogP contribution in [0.5, 0.6) is 0 Å². The van der Waals surface area contributed by atoms with Gasteiger partial charge in [0, 0.05) is 51.2 Å². The molecule has 2 aliphatic rings. The fourth-order valence-electron chi connectivity index (χ4n) is 3.67. The molecule has 1 fully saturated rings. The minimum atomic E-state index is 0.00123. The molecule has 1 N–H and O–H groups in total. The van der Waals surface area contributed by atoms with Crippen molar-refractivity contribution in [2.24, 2.45) is 0 Å². The smallest absolute Gasteiger partial charge is 0.272 e. The van der Waals surface area contributed by atoms with Crippen molar-refractivity contribution in [3.8, 4) is 0 Å². The van der Waals surface area contributed by atoms with Gasteiger partial charge in [-0.05, 0) is 29.7 Å². The summed E-state index contributed by atoms with van der Waals surface area (Å²) in [6, 6.07) is 12.1. The van der Waals surface area contributed by atoms with Gasteiger partial charge in [0.15, 0.2) is 0 Å². The number of morpholine rings is 1. The summed E-state index contributed by atoms with van der Waals surface area (Å²) >= 11 is 0. The number of anilines is 1. The van der Waals surface area contributed by atoms with Crippen LogP contribution in [0, 0.1) is 0 Å². The zero-order chi connectivity index (χ0) is 18.5. The average molecular weight is 366 g/mol. The third-order valence-corrected chi connectivity index (χ3v) is 5.26. The van der Waals surface area contributed by atoms with E-state index in [1.807, 2.05) is 23.1 Å². The number of ether oxygens (including phenoxy) is 1. The van der Waals surface area contributed by atoms with Crippen LogP contribution in [0.15, 0.2) is 42.6 Å². The first-order valence-corrected chi connectivity index (χ1v) is 9.66. The van der Waals surface area contributed by atoms with E-state index in [0.29, 0.717) is 12.2 Å². The van der Waals surface area contributed by atoms with Gasteiger partial charge in [0.25, 0.3) is 5.91 Å². The van der Waals surface area contributed by atoms with Gasteiger partial charge in [0.05, 0.1) is 13.2 Å². The maximum absolute atomic E-state index is 12.9. The molecule has 0 unspecified atom stereocenters. The van der Waals surface area contributed by atoms with E-state index < -0.39 is 0 Å². The molecule has 3 heterocycles. The molecule has 0 saturated carbocycles. The number of hydrogen-bond donors (Lipinski definition) is 1. The Morgan fingerprint density at radius 3 is 2.78 bits per heavy atom. The van der Waals surface area contributed by atoms with Crippen LogP contribution in [-0.2, 0) is 17.7 Å². The number of aromatic nitrogens is 1. The number of nitrogens with one attached hydrogen (secondary N) is 1. The fourth-order valence-corrected chi connectivity index (χ4v) is 3.67. The van der Waals surface area contributed by atoms with Crippen molar-refractivity contribution in [1.29, 1.82) is 0 Å². The largest absolute Gasteiger partial charge is 0.384 e.